The molecule has 4 N–H and O–H groups in total. The Bertz CT molecular complexity index is 1390. The molecule has 2 aliphatic rings. The van der Waals surface area contributed by atoms with E-state index in [1.165, 1.54) is 12.8 Å². The molecule has 2 atom stereocenters. The highest BCUT2D eigenvalue weighted by Gasteiger charge is 2.34. The summed E-state index contributed by atoms with van der Waals surface area (Å²) in [5.41, 5.74) is 8.50. The number of hydrogen-bond acceptors (Lipinski definition) is 8. The molecule has 2 unspecified atom stereocenters. The second kappa shape index (κ2) is 9.35. The molecular weight excluding hydrogens is 500 g/mol. The number of ether oxygens (including phenoxy) is 1. The molecule has 1 saturated carbocycles. The van der Waals surface area contributed by atoms with Crippen LogP contribution < -0.4 is 10.5 Å². The van der Waals surface area contributed by atoms with E-state index in [0.29, 0.717) is 35.7 Å². The molecule has 1 aliphatic heterocycles. The van der Waals surface area contributed by atoms with Crippen LogP contribution in [0, 0.1) is 0 Å². The lowest BCUT2D eigenvalue weighted by Crippen LogP contribution is -2.25. The molecule has 4 aromatic rings. The lowest BCUT2D eigenvalue weighted by Gasteiger charge is -2.21. The van der Waals surface area contributed by atoms with Crippen molar-refractivity contribution in [2.45, 2.75) is 36.2 Å². The highest BCUT2D eigenvalue weighted by Crippen LogP contribution is 2.42. The number of halogens is 1. The smallest absolute Gasteiger partial charge is 0.123 e. The molecule has 4 heterocycles. The Hall–Kier alpha value is -2.20. The molecule has 1 aliphatic carbocycles. The Balaban J connectivity index is 1.42. The zero-order valence-corrected chi connectivity index (χ0v) is 21.3. The summed E-state index contributed by atoms with van der Waals surface area (Å²) in [7, 11) is 0. The number of nitrogens with two attached hydrogens (primary N) is 1. The summed E-state index contributed by atoms with van der Waals surface area (Å²) < 4.78 is 10.2. The maximum Gasteiger partial charge on any atom is 0.123 e. The number of nitrogens with one attached hydrogen (secondary N) is 1. The van der Waals surface area contributed by atoms with Crippen LogP contribution in [0.15, 0.2) is 54.7 Å². The van der Waals surface area contributed by atoms with E-state index >= 15 is 0 Å². The largest absolute Gasteiger partial charge is 0.384 e. The van der Waals surface area contributed by atoms with Crippen molar-refractivity contribution < 1.29 is 9.84 Å². The van der Waals surface area contributed by atoms with Gasteiger partial charge in [0.1, 0.15) is 11.4 Å². The van der Waals surface area contributed by atoms with Gasteiger partial charge < -0.3 is 15.6 Å². The highest BCUT2D eigenvalue weighted by molar-refractivity contribution is 7.98. The van der Waals surface area contributed by atoms with Gasteiger partial charge in [0.15, 0.2) is 0 Å². The molecule has 0 radical (unpaired) electrons. The number of hydrogen-bond donors (Lipinski definition) is 3. The van der Waals surface area contributed by atoms with Crippen molar-refractivity contribution in [3.05, 3.63) is 75.9 Å². The molecular formula is C26H25ClN4O2S2. The first-order valence-corrected chi connectivity index (χ1v) is 13.7. The van der Waals surface area contributed by atoms with E-state index in [4.69, 9.17) is 22.1 Å². The minimum atomic E-state index is -0.961. The summed E-state index contributed by atoms with van der Waals surface area (Å²) in [6.07, 6.45) is 4.79. The Kier molecular flexibility index (Phi) is 6.20. The van der Waals surface area contributed by atoms with E-state index in [-0.39, 0.29) is 6.04 Å². The van der Waals surface area contributed by atoms with E-state index in [1.54, 1.807) is 41.6 Å². The van der Waals surface area contributed by atoms with E-state index in [9.17, 15) is 5.11 Å². The van der Waals surface area contributed by atoms with Crippen molar-refractivity contribution >= 4 is 50.8 Å². The van der Waals surface area contributed by atoms with Gasteiger partial charge in [-0.2, -0.15) is 0 Å². The summed E-state index contributed by atoms with van der Waals surface area (Å²) >= 11 is 10.0. The van der Waals surface area contributed by atoms with Crippen LogP contribution in [0.2, 0.25) is 5.02 Å². The third-order valence-electron chi connectivity index (χ3n) is 6.47. The third-order valence-corrected chi connectivity index (χ3v) is 9.21. The van der Waals surface area contributed by atoms with E-state index < -0.39 is 5.60 Å². The zero-order valence-electron chi connectivity index (χ0n) is 18.9. The normalized spacial score (nSPS) is 21.0. The number of aliphatic hydroxyl groups is 1. The molecule has 0 amide bonds. The molecule has 6 rings (SSSR count). The molecule has 180 valence electrons. The molecule has 35 heavy (non-hydrogen) atoms. The second-order valence-corrected chi connectivity index (χ2v) is 11.7. The van der Waals surface area contributed by atoms with E-state index in [1.807, 2.05) is 18.2 Å². The summed E-state index contributed by atoms with van der Waals surface area (Å²) in [6.45, 7) is 0.871. The van der Waals surface area contributed by atoms with Crippen molar-refractivity contribution in [3.63, 3.8) is 0 Å². The highest BCUT2D eigenvalue weighted by atomic mass is 35.5. The van der Waals surface area contributed by atoms with E-state index in [2.05, 4.69) is 32.9 Å². The average molecular weight is 525 g/mol. The average Bonchev–Trinajstić information content (AvgIpc) is 3.41. The minimum Gasteiger partial charge on any atom is -0.384 e. The number of rotatable bonds is 7. The molecule has 2 fully saturated rings. The van der Waals surface area contributed by atoms with Gasteiger partial charge >= 0.3 is 0 Å². The first-order valence-electron chi connectivity index (χ1n) is 11.6. The predicted octanol–water partition coefficient (Wildman–Crippen LogP) is 5.69. The van der Waals surface area contributed by atoms with Crippen LogP contribution in [0.1, 0.15) is 41.4 Å². The van der Waals surface area contributed by atoms with Gasteiger partial charge in [-0.25, -0.2) is 9.71 Å². The minimum absolute atomic E-state index is 0.183. The van der Waals surface area contributed by atoms with Gasteiger partial charge in [0.25, 0.3) is 0 Å². The fourth-order valence-electron chi connectivity index (χ4n) is 4.35. The lowest BCUT2D eigenvalue weighted by atomic mass is 9.92. The van der Waals surface area contributed by atoms with Crippen LogP contribution in [0.3, 0.4) is 0 Å². The van der Waals surface area contributed by atoms with Crippen molar-refractivity contribution in [1.82, 2.24) is 14.7 Å². The molecule has 0 spiro atoms. The molecule has 6 nitrogen and oxygen atoms in total. The lowest BCUT2D eigenvalue weighted by molar-refractivity contribution is 0.0232. The van der Waals surface area contributed by atoms with Gasteiger partial charge in [-0.15, -0.1) is 11.3 Å². The van der Waals surface area contributed by atoms with Crippen LogP contribution in [0.5, 0.6) is 0 Å². The van der Waals surface area contributed by atoms with Crippen molar-refractivity contribution in [3.8, 4) is 11.3 Å². The van der Waals surface area contributed by atoms with Crippen LogP contribution in [0.25, 0.3) is 21.3 Å². The van der Waals surface area contributed by atoms with Crippen molar-refractivity contribution in [1.29, 1.82) is 0 Å². The molecule has 0 bridgehead atoms. The Morgan fingerprint density at radius 2 is 2.11 bits per heavy atom. The maximum absolute atomic E-state index is 11.0. The standard InChI is InChI=1S/C26H25ClN4O2S2/c27-19-6-7-22(28)30-23(19)24(31-35-17-4-5-17)21-12-15-2-1-3-18(25(15)34-21)20-13-16(8-10-29-20)26(32)9-11-33-14-26/h1-3,6-8,10,12-13,17,24,31-32H,4-5,9,11,14H2,(H2,28,30). The number of aromatic nitrogens is 2. The summed E-state index contributed by atoms with van der Waals surface area (Å²) in [5, 5.41) is 13.4. The Morgan fingerprint density at radius 3 is 2.91 bits per heavy atom. The van der Waals surface area contributed by atoms with Crippen LogP contribution in [-0.2, 0) is 10.3 Å². The molecule has 1 aromatic carbocycles. The van der Waals surface area contributed by atoms with Gasteiger partial charge in [-0.3, -0.25) is 4.98 Å². The van der Waals surface area contributed by atoms with Gasteiger partial charge in [-0.05, 0) is 54.1 Å². The number of nitrogens with zero attached hydrogens (tertiary/aromatic N) is 2. The number of nitrogen functional groups attached to an aromatic ring is 1. The fourth-order valence-corrected chi connectivity index (χ4v) is 6.82. The molecule has 9 heteroatoms. The third kappa shape index (κ3) is 4.67. The van der Waals surface area contributed by atoms with Gasteiger partial charge in [0.05, 0.1) is 29.1 Å². The van der Waals surface area contributed by atoms with E-state index in [0.717, 1.165) is 37.5 Å². The van der Waals surface area contributed by atoms with Crippen LogP contribution in [-0.4, -0.2) is 33.5 Å². The summed E-state index contributed by atoms with van der Waals surface area (Å²) in [6, 6.07) is 15.6. The van der Waals surface area contributed by atoms with Gasteiger partial charge in [-0.1, -0.05) is 41.7 Å². The molecule has 3 aromatic heterocycles. The summed E-state index contributed by atoms with van der Waals surface area (Å²) in [5.74, 6) is 0.448. The first kappa shape index (κ1) is 23.2. The number of fused-ring (bicyclic) bond motifs is 1. The summed E-state index contributed by atoms with van der Waals surface area (Å²) in [4.78, 5) is 10.4. The zero-order chi connectivity index (χ0) is 24.0. The quantitative estimate of drug-likeness (QED) is 0.267. The van der Waals surface area contributed by atoms with Gasteiger partial charge in [0.2, 0.25) is 0 Å². The van der Waals surface area contributed by atoms with Crippen LogP contribution >= 0.6 is 34.9 Å². The van der Waals surface area contributed by atoms with Crippen molar-refractivity contribution in [2.24, 2.45) is 0 Å². The number of thiophene rings is 1. The Morgan fingerprint density at radius 1 is 1.23 bits per heavy atom. The second-order valence-electron chi connectivity index (χ2n) is 9.11. The number of pyridine rings is 2. The fraction of sp³-hybridized carbons (Fsp3) is 0.308. The van der Waals surface area contributed by atoms with Crippen molar-refractivity contribution in [2.75, 3.05) is 18.9 Å². The maximum atomic E-state index is 11.0. The monoisotopic (exact) mass is 524 g/mol. The molecule has 1 saturated heterocycles. The first-order chi connectivity index (χ1) is 17.0. The number of anilines is 1. The number of benzene rings is 1. The Labute approximate surface area is 217 Å². The van der Waals surface area contributed by atoms with Gasteiger partial charge in [0, 0.05) is 39.6 Å². The van der Waals surface area contributed by atoms with Crippen LogP contribution in [0.4, 0.5) is 5.82 Å². The topological polar surface area (TPSA) is 93.3 Å². The predicted molar refractivity (Wildman–Crippen MR) is 144 cm³/mol. The SMILES string of the molecule is Nc1ccc(Cl)c(C(NSC2CC2)c2cc3cccc(-c4cc(C5(O)CCOC5)ccn4)c3s2)n1.